The van der Waals surface area contributed by atoms with Gasteiger partial charge in [0, 0.05) is 0 Å². The van der Waals surface area contributed by atoms with Crippen LogP contribution in [0.5, 0.6) is 0 Å². The van der Waals surface area contributed by atoms with Crippen molar-refractivity contribution >= 4 is 79.4 Å². The summed E-state index contributed by atoms with van der Waals surface area (Å²) in [5, 5.41) is 0. The zero-order valence-electron chi connectivity index (χ0n) is 5.80. The molecule has 2 nitrogen and oxygen atoms in total. The number of rotatable bonds is 4. The first kappa shape index (κ1) is 14.7. The Kier molecular flexibility index (Phi) is 6.43. The number of hydrogen-bond donors (Lipinski definition) is 0. The van der Waals surface area contributed by atoms with Crippen molar-refractivity contribution in [2.24, 2.45) is 0 Å². The van der Waals surface area contributed by atoms with Crippen LogP contribution in [0.2, 0.25) is 0 Å². The third kappa shape index (κ3) is 3.98. The zero-order valence-corrected chi connectivity index (χ0v) is 11.2. The molecule has 0 fully saturated rings. The van der Waals surface area contributed by atoms with Gasteiger partial charge in [0.25, 0.3) is 0 Å². The molecule has 0 radical (unpaired) electrons. The van der Waals surface area contributed by atoms with E-state index in [4.69, 9.17) is 69.6 Å². The minimum absolute atomic E-state index is 1.29. The smallest absolute Gasteiger partial charge is 0.189 e. The molecule has 0 aromatic heterocycles. The maximum Gasteiger partial charge on any atom is 0.189 e. The fourth-order valence-corrected chi connectivity index (χ4v) is 3.78. The molecule has 2 unspecified atom stereocenters. The maximum absolute atomic E-state index is 11.3. The molecule has 9 heteroatoms. The Hall–Kier alpha value is 1.69. The van der Waals surface area contributed by atoms with Crippen molar-refractivity contribution in [2.75, 3.05) is 0 Å². The van der Waals surface area contributed by atoms with E-state index in [1.807, 2.05) is 0 Å². The van der Waals surface area contributed by atoms with E-state index >= 15 is 0 Å². The van der Waals surface area contributed by atoms with Crippen molar-refractivity contribution in [1.29, 1.82) is 0 Å². The fraction of sp³-hybridized carbons (Fsp3) is 1.00. The van der Waals surface area contributed by atoms with E-state index in [2.05, 4.69) is 0 Å². The number of alkyl halides is 6. The Bertz CT molecular complexity index is 229. The van der Waals surface area contributed by atoms with Crippen LogP contribution in [0.15, 0.2) is 0 Å². The van der Waals surface area contributed by atoms with Crippen LogP contribution < -0.4 is 0 Å². The Labute approximate surface area is 106 Å². The molecule has 0 aromatic carbocycles. The van der Waals surface area contributed by atoms with Gasteiger partial charge in [-0.15, -0.1) is 69.6 Å². The molecule has 80 valence electrons. The number of sulfone groups is 1. The zero-order chi connectivity index (χ0) is 10.8. The Morgan fingerprint density at radius 1 is 0.692 bits per heavy atom. The van der Waals surface area contributed by atoms with E-state index in [-0.39, 0.29) is 0 Å². The van der Waals surface area contributed by atoms with Gasteiger partial charge in [0.15, 0.2) is 19.3 Å². The Morgan fingerprint density at radius 2 is 0.923 bits per heavy atom. The summed E-state index contributed by atoms with van der Waals surface area (Å²) in [5.41, 5.74) is 0. The molecular formula is C4H4Cl6O2S. The summed E-state index contributed by atoms with van der Waals surface area (Å²) in [6.07, 6.45) is 0. The molecule has 0 N–H and O–H groups in total. The molecule has 0 aromatic rings. The highest BCUT2D eigenvalue weighted by atomic mass is 35.5. The van der Waals surface area contributed by atoms with Gasteiger partial charge in [-0.2, -0.15) is 0 Å². The molecule has 0 aliphatic rings. The summed E-state index contributed by atoms with van der Waals surface area (Å²) in [4.78, 5) is -2.58. The average Bonchev–Trinajstić information content (AvgIpc) is 2.01. The molecule has 0 saturated heterocycles. The van der Waals surface area contributed by atoms with E-state index in [1.165, 1.54) is 0 Å². The van der Waals surface area contributed by atoms with Gasteiger partial charge >= 0.3 is 0 Å². The normalized spacial score (nSPS) is 17.8. The van der Waals surface area contributed by atoms with Crippen molar-refractivity contribution in [2.45, 2.75) is 19.1 Å². The van der Waals surface area contributed by atoms with Crippen molar-refractivity contribution in [1.82, 2.24) is 0 Å². The SMILES string of the molecule is O=S(=O)(C(Cl)C(Cl)Cl)C(Cl)C(Cl)Cl. The molecule has 0 bridgehead atoms. The molecule has 0 aliphatic carbocycles. The largest absolute Gasteiger partial charge is 0.226 e. The average molecular weight is 329 g/mol. The Morgan fingerprint density at radius 3 is 1.08 bits per heavy atom. The monoisotopic (exact) mass is 326 g/mol. The first-order valence-electron chi connectivity index (χ1n) is 2.78. The van der Waals surface area contributed by atoms with Crippen molar-refractivity contribution < 1.29 is 8.42 Å². The minimum atomic E-state index is -3.93. The summed E-state index contributed by atoms with van der Waals surface area (Å²) < 4.78 is 19.6. The summed E-state index contributed by atoms with van der Waals surface area (Å²) in [6.45, 7) is 0. The van der Waals surface area contributed by atoms with E-state index in [1.54, 1.807) is 0 Å². The highest BCUT2D eigenvalue weighted by Crippen LogP contribution is 2.29. The first-order valence-corrected chi connectivity index (χ1v) is 7.01. The lowest BCUT2D eigenvalue weighted by Crippen LogP contribution is -2.32. The molecule has 0 rings (SSSR count). The lowest BCUT2D eigenvalue weighted by molar-refractivity contribution is 0.591. The third-order valence-corrected chi connectivity index (χ3v) is 6.94. The van der Waals surface area contributed by atoms with Gasteiger partial charge in [0.2, 0.25) is 0 Å². The van der Waals surface area contributed by atoms with Crippen LogP contribution in [0.3, 0.4) is 0 Å². The fourth-order valence-electron chi connectivity index (χ4n) is 0.411. The van der Waals surface area contributed by atoms with Crippen molar-refractivity contribution in [3.63, 3.8) is 0 Å². The first-order chi connectivity index (χ1) is 5.71. The van der Waals surface area contributed by atoms with Gasteiger partial charge in [0.05, 0.1) is 0 Å². The summed E-state index contributed by atoms with van der Waals surface area (Å²) >= 11 is 31.9. The second kappa shape index (κ2) is 5.69. The predicted octanol–water partition coefficient (Wildman–Crippen LogP) is 3.14. The highest BCUT2D eigenvalue weighted by molar-refractivity contribution is 7.95. The third-order valence-electron chi connectivity index (χ3n) is 1.02. The summed E-state index contributed by atoms with van der Waals surface area (Å²) in [5.74, 6) is 0. The molecule has 0 amide bonds. The van der Waals surface area contributed by atoms with Gasteiger partial charge in [-0.1, -0.05) is 0 Å². The second-order valence-corrected chi connectivity index (χ2v) is 7.94. The molecule has 13 heavy (non-hydrogen) atoms. The van der Waals surface area contributed by atoms with Crippen LogP contribution >= 0.6 is 69.6 Å². The second-order valence-electron chi connectivity index (χ2n) is 1.96. The molecule has 0 aliphatic heterocycles. The van der Waals surface area contributed by atoms with E-state index in [0.717, 1.165) is 0 Å². The quantitative estimate of drug-likeness (QED) is 0.743. The van der Waals surface area contributed by atoms with Crippen LogP contribution in [0.1, 0.15) is 0 Å². The standard InChI is InChI=1S/C4H4Cl6O2S/c5-1(6)3(9)13(11,12)4(10)2(7)8/h1-4H. The van der Waals surface area contributed by atoms with E-state index < -0.39 is 28.9 Å². The summed E-state index contributed by atoms with van der Waals surface area (Å²) in [6, 6.07) is 0. The minimum Gasteiger partial charge on any atom is -0.226 e. The van der Waals surface area contributed by atoms with Crippen LogP contribution in [0.4, 0.5) is 0 Å². The maximum atomic E-state index is 11.3. The molecular weight excluding hydrogens is 325 g/mol. The van der Waals surface area contributed by atoms with Crippen LogP contribution in [-0.2, 0) is 9.84 Å². The van der Waals surface area contributed by atoms with Gasteiger partial charge in [-0.25, -0.2) is 8.42 Å². The number of halogens is 6. The van der Waals surface area contributed by atoms with Crippen molar-refractivity contribution in [3.8, 4) is 0 Å². The van der Waals surface area contributed by atoms with Gasteiger partial charge in [0.1, 0.15) is 9.67 Å². The van der Waals surface area contributed by atoms with Gasteiger partial charge in [-0.3, -0.25) is 0 Å². The molecule has 0 saturated carbocycles. The molecule has 0 spiro atoms. The number of hydrogen-bond acceptors (Lipinski definition) is 2. The van der Waals surface area contributed by atoms with Crippen molar-refractivity contribution in [3.05, 3.63) is 0 Å². The lowest BCUT2D eigenvalue weighted by atomic mass is 10.9. The van der Waals surface area contributed by atoms with E-state index in [9.17, 15) is 8.42 Å². The summed E-state index contributed by atoms with van der Waals surface area (Å²) in [7, 11) is -3.93. The Balaban J connectivity index is 4.77. The topological polar surface area (TPSA) is 34.1 Å². The lowest BCUT2D eigenvalue weighted by Gasteiger charge is -2.16. The van der Waals surface area contributed by atoms with Gasteiger partial charge in [-0.05, 0) is 0 Å². The molecule has 2 atom stereocenters. The van der Waals surface area contributed by atoms with Gasteiger partial charge < -0.3 is 0 Å². The highest BCUT2D eigenvalue weighted by Gasteiger charge is 2.38. The van der Waals surface area contributed by atoms with E-state index in [0.29, 0.717) is 0 Å². The molecule has 0 heterocycles. The van der Waals surface area contributed by atoms with Crippen LogP contribution in [-0.4, -0.2) is 27.5 Å². The van der Waals surface area contributed by atoms with Crippen LogP contribution in [0, 0.1) is 0 Å². The van der Waals surface area contributed by atoms with Crippen LogP contribution in [0.25, 0.3) is 0 Å². The predicted molar refractivity (Wildman–Crippen MR) is 59.2 cm³/mol.